The van der Waals surface area contributed by atoms with Crippen LogP contribution in [0.1, 0.15) is 19.4 Å². The summed E-state index contributed by atoms with van der Waals surface area (Å²) in [6, 6.07) is 6.88. The first-order chi connectivity index (χ1) is 7.99. The fraction of sp³-hybridized carbons (Fsp3) is 0.385. The van der Waals surface area contributed by atoms with Crippen molar-refractivity contribution in [2.45, 2.75) is 25.7 Å². The SMILES string of the molecule is CCN(/C=C\S(=O)(=O)c1ccc(C)cc1)CC. The van der Waals surface area contributed by atoms with Gasteiger partial charge in [-0.3, -0.25) is 0 Å². The maximum Gasteiger partial charge on any atom is 0.201 e. The summed E-state index contributed by atoms with van der Waals surface area (Å²) >= 11 is 0. The lowest BCUT2D eigenvalue weighted by Crippen LogP contribution is -2.15. The van der Waals surface area contributed by atoms with Crippen LogP contribution in [0.15, 0.2) is 40.8 Å². The number of hydrogen-bond donors (Lipinski definition) is 0. The first-order valence-corrected chi connectivity index (χ1v) is 7.28. The zero-order valence-corrected chi connectivity index (χ0v) is 11.4. The maximum atomic E-state index is 12.0. The first kappa shape index (κ1) is 13.8. The van der Waals surface area contributed by atoms with Gasteiger partial charge in [0.1, 0.15) is 0 Å². The number of benzene rings is 1. The summed E-state index contributed by atoms with van der Waals surface area (Å²) in [6.45, 7) is 7.52. The van der Waals surface area contributed by atoms with Crippen molar-refractivity contribution in [2.24, 2.45) is 0 Å². The average Bonchev–Trinajstić information content (AvgIpc) is 2.31. The predicted molar refractivity (Wildman–Crippen MR) is 70.4 cm³/mol. The van der Waals surface area contributed by atoms with Gasteiger partial charge in [-0.15, -0.1) is 0 Å². The van der Waals surface area contributed by atoms with Crippen molar-refractivity contribution in [1.29, 1.82) is 0 Å². The van der Waals surface area contributed by atoms with E-state index in [1.807, 2.05) is 25.7 Å². The summed E-state index contributed by atoms with van der Waals surface area (Å²) in [6.07, 6.45) is 1.63. The Hall–Kier alpha value is -1.29. The van der Waals surface area contributed by atoms with Gasteiger partial charge in [0.05, 0.1) is 10.3 Å². The Labute approximate surface area is 104 Å². The van der Waals surface area contributed by atoms with Gasteiger partial charge in [0.15, 0.2) is 0 Å². The molecule has 0 fully saturated rings. The van der Waals surface area contributed by atoms with Gasteiger partial charge in [-0.25, -0.2) is 8.42 Å². The Bertz CT molecular complexity index is 471. The molecule has 0 aromatic heterocycles. The van der Waals surface area contributed by atoms with Crippen LogP contribution in [-0.2, 0) is 9.84 Å². The van der Waals surface area contributed by atoms with E-state index in [0.29, 0.717) is 4.90 Å². The molecule has 0 saturated heterocycles. The highest BCUT2D eigenvalue weighted by Gasteiger charge is 2.09. The Kier molecular flexibility index (Phi) is 4.75. The van der Waals surface area contributed by atoms with Crippen LogP contribution in [0.2, 0.25) is 0 Å². The molecule has 0 spiro atoms. The van der Waals surface area contributed by atoms with Gasteiger partial charge in [0.2, 0.25) is 9.84 Å². The lowest BCUT2D eigenvalue weighted by atomic mass is 10.2. The minimum atomic E-state index is -3.31. The molecule has 0 aliphatic rings. The average molecular weight is 253 g/mol. The van der Waals surface area contributed by atoms with E-state index in [2.05, 4.69) is 0 Å². The summed E-state index contributed by atoms with van der Waals surface area (Å²) < 4.78 is 23.9. The summed E-state index contributed by atoms with van der Waals surface area (Å²) in [7, 11) is -3.31. The molecule has 94 valence electrons. The molecule has 0 aliphatic heterocycles. The van der Waals surface area contributed by atoms with Crippen molar-refractivity contribution in [3.8, 4) is 0 Å². The quantitative estimate of drug-likeness (QED) is 0.809. The Morgan fingerprint density at radius 1 is 1.12 bits per heavy atom. The molecule has 3 nitrogen and oxygen atoms in total. The maximum absolute atomic E-state index is 12.0. The Morgan fingerprint density at radius 2 is 1.65 bits per heavy atom. The van der Waals surface area contributed by atoms with Crippen LogP contribution in [0.5, 0.6) is 0 Å². The highest BCUT2D eigenvalue weighted by molar-refractivity contribution is 7.94. The molecular weight excluding hydrogens is 234 g/mol. The van der Waals surface area contributed by atoms with E-state index >= 15 is 0 Å². The zero-order valence-electron chi connectivity index (χ0n) is 10.6. The molecule has 4 heteroatoms. The Morgan fingerprint density at radius 3 is 2.12 bits per heavy atom. The minimum absolute atomic E-state index is 0.339. The van der Waals surface area contributed by atoms with Gasteiger partial charge in [0, 0.05) is 19.3 Å². The summed E-state index contributed by atoms with van der Waals surface area (Å²) in [5.74, 6) is 0. The van der Waals surface area contributed by atoms with Gasteiger partial charge in [0.25, 0.3) is 0 Å². The zero-order chi connectivity index (χ0) is 12.9. The molecule has 0 bridgehead atoms. The molecule has 0 saturated carbocycles. The van der Waals surface area contributed by atoms with Gasteiger partial charge in [-0.1, -0.05) is 17.7 Å². The fourth-order valence-electron chi connectivity index (χ4n) is 1.41. The molecule has 0 heterocycles. The highest BCUT2D eigenvalue weighted by atomic mass is 32.2. The van der Waals surface area contributed by atoms with E-state index in [-0.39, 0.29) is 0 Å². The molecule has 0 N–H and O–H groups in total. The lowest BCUT2D eigenvalue weighted by molar-refractivity contribution is 0.419. The first-order valence-electron chi connectivity index (χ1n) is 5.73. The van der Waals surface area contributed by atoms with Crippen LogP contribution < -0.4 is 0 Å². The molecule has 17 heavy (non-hydrogen) atoms. The van der Waals surface area contributed by atoms with Crippen molar-refractivity contribution < 1.29 is 8.42 Å². The largest absolute Gasteiger partial charge is 0.377 e. The molecule has 0 unspecified atom stereocenters. The van der Waals surface area contributed by atoms with E-state index in [0.717, 1.165) is 18.7 Å². The van der Waals surface area contributed by atoms with Crippen LogP contribution in [0, 0.1) is 6.92 Å². The van der Waals surface area contributed by atoms with Crippen LogP contribution >= 0.6 is 0 Å². The highest BCUT2D eigenvalue weighted by Crippen LogP contribution is 2.13. The number of sulfone groups is 1. The summed E-state index contributed by atoms with van der Waals surface area (Å²) in [5.41, 5.74) is 1.05. The van der Waals surface area contributed by atoms with Crippen molar-refractivity contribution in [1.82, 2.24) is 4.90 Å². The van der Waals surface area contributed by atoms with Gasteiger partial charge in [-0.2, -0.15) is 0 Å². The third kappa shape index (κ3) is 3.89. The minimum Gasteiger partial charge on any atom is -0.377 e. The van der Waals surface area contributed by atoms with E-state index in [1.54, 1.807) is 30.5 Å². The number of rotatable bonds is 5. The fourth-order valence-corrected chi connectivity index (χ4v) is 2.41. The van der Waals surface area contributed by atoms with Crippen molar-refractivity contribution >= 4 is 9.84 Å². The number of hydrogen-bond acceptors (Lipinski definition) is 3. The van der Waals surface area contributed by atoms with E-state index in [1.165, 1.54) is 5.41 Å². The molecule has 1 aromatic carbocycles. The summed E-state index contributed by atoms with van der Waals surface area (Å²) in [5, 5.41) is 1.27. The van der Waals surface area contributed by atoms with Crippen molar-refractivity contribution in [2.75, 3.05) is 13.1 Å². The van der Waals surface area contributed by atoms with Gasteiger partial charge < -0.3 is 4.90 Å². The topological polar surface area (TPSA) is 37.4 Å². The molecule has 0 atom stereocenters. The second kappa shape index (κ2) is 5.87. The second-order valence-corrected chi connectivity index (χ2v) is 5.70. The van der Waals surface area contributed by atoms with E-state index < -0.39 is 9.84 Å². The predicted octanol–water partition coefficient (Wildman–Crippen LogP) is 2.58. The molecule has 0 aliphatic carbocycles. The third-order valence-corrected chi connectivity index (χ3v) is 4.02. The van der Waals surface area contributed by atoms with Crippen LogP contribution in [0.25, 0.3) is 0 Å². The number of nitrogens with zero attached hydrogens (tertiary/aromatic N) is 1. The van der Waals surface area contributed by atoms with E-state index in [4.69, 9.17) is 0 Å². The van der Waals surface area contributed by atoms with Gasteiger partial charge in [-0.05, 0) is 32.9 Å². The molecule has 0 amide bonds. The molecule has 1 aromatic rings. The summed E-state index contributed by atoms with van der Waals surface area (Å²) in [4.78, 5) is 2.28. The monoisotopic (exact) mass is 253 g/mol. The normalized spacial score (nSPS) is 11.9. The molecular formula is C13H19NO2S. The van der Waals surface area contributed by atoms with Crippen LogP contribution in [0.4, 0.5) is 0 Å². The van der Waals surface area contributed by atoms with E-state index in [9.17, 15) is 8.42 Å². The standard InChI is InChI=1S/C13H19NO2S/c1-4-14(5-2)10-11-17(15,16)13-8-6-12(3)7-9-13/h6-11H,4-5H2,1-3H3/b11-10-. The lowest BCUT2D eigenvalue weighted by Gasteiger charge is -2.14. The van der Waals surface area contributed by atoms with Crippen molar-refractivity contribution in [3.05, 3.63) is 41.4 Å². The molecule has 1 rings (SSSR count). The number of aryl methyl sites for hydroxylation is 1. The molecule has 0 radical (unpaired) electrons. The van der Waals surface area contributed by atoms with Gasteiger partial charge >= 0.3 is 0 Å². The van der Waals surface area contributed by atoms with Crippen molar-refractivity contribution in [3.63, 3.8) is 0 Å². The van der Waals surface area contributed by atoms with Crippen LogP contribution in [0.3, 0.4) is 0 Å². The van der Waals surface area contributed by atoms with Crippen LogP contribution in [-0.4, -0.2) is 26.4 Å². The third-order valence-electron chi connectivity index (χ3n) is 2.61. The smallest absolute Gasteiger partial charge is 0.201 e. The Balaban J connectivity index is 2.92. The second-order valence-electron chi connectivity index (χ2n) is 3.86.